The summed E-state index contributed by atoms with van der Waals surface area (Å²) in [7, 11) is 0. The van der Waals surface area contributed by atoms with Gasteiger partial charge in [0.25, 0.3) is 0 Å². The van der Waals surface area contributed by atoms with Crippen LogP contribution in [0.2, 0.25) is 0 Å². The highest BCUT2D eigenvalue weighted by Crippen LogP contribution is 2.52. The van der Waals surface area contributed by atoms with Crippen molar-refractivity contribution in [3.63, 3.8) is 0 Å². The van der Waals surface area contributed by atoms with Gasteiger partial charge in [0.1, 0.15) is 17.3 Å². The Morgan fingerprint density at radius 1 is 1.02 bits per heavy atom. The number of nitrogens with zero attached hydrogens (tertiary/aromatic N) is 5. The van der Waals surface area contributed by atoms with Gasteiger partial charge in [-0.15, -0.1) is 0 Å². The third-order valence-corrected chi connectivity index (χ3v) is 8.93. The summed E-state index contributed by atoms with van der Waals surface area (Å²) < 4.78 is 29.7. The number of nitrogens with two attached hydrogens (primary N) is 2. The molecule has 2 saturated heterocycles. The summed E-state index contributed by atoms with van der Waals surface area (Å²) in [4.78, 5) is 18.1. The van der Waals surface area contributed by atoms with Gasteiger partial charge in [-0.2, -0.15) is 0 Å². The molecular weight excluding hydrogens is 510 g/mol. The van der Waals surface area contributed by atoms with Crippen LogP contribution in [-0.2, 0) is 13.0 Å². The lowest BCUT2D eigenvalue weighted by atomic mass is 9.92. The standard InChI is InChI=1S/C30H38F2N8/c31-24-15-22(14-21(27(24)34)5-6-30(7-8-30)9-10-33)28-25(32)17-36-29(38-28)37-26-4-3-20(16-35-26)18-39-12-13-40-11-1-2-23(40)19-39/h3-4,14-17,23H,1-2,5-13,18-19,33-34H2,(H,35,36,37,38). The average molecular weight is 549 g/mol. The van der Waals surface area contributed by atoms with E-state index in [0.29, 0.717) is 36.0 Å². The molecule has 3 aliphatic rings. The van der Waals surface area contributed by atoms with Crippen LogP contribution >= 0.6 is 0 Å². The third kappa shape index (κ3) is 5.94. The fraction of sp³-hybridized carbons (Fsp3) is 0.500. The maximum Gasteiger partial charge on any atom is 0.229 e. The maximum atomic E-state index is 14.9. The second-order valence-corrected chi connectivity index (χ2v) is 11.7. The summed E-state index contributed by atoms with van der Waals surface area (Å²) >= 11 is 0. The molecule has 3 aromatic rings. The Labute approximate surface area is 234 Å². The van der Waals surface area contributed by atoms with E-state index in [2.05, 4.69) is 30.1 Å². The zero-order chi connectivity index (χ0) is 27.7. The molecule has 1 aromatic carbocycles. The largest absolute Gasteiger partial charge is 0.396 e. The molecule has 2 aliphatic heterocycles. The molecule has 0 bridgehead atoms. The minimum absolute atomic E-state index is 0.0171. The van der Waals surface area contributed by atoms with Crippen LogP contribution in [0.4, 0.5) is 26.2 Å². The van der Waals surface area contributed by atoms with Crippen molar-refractivity contribution in [2.24, 2.45) is 11.1 Å². The zero-order valence-electron chi connectivity index (χ0n) is 22.9. The SMILES string of the molecule is NCCC1(CCc2cc(-c3nc(Nc4ccc(CN5CCN6CCCC6C5)cn4)ncc3F)cc(F)c2N)CC1. The monoisotopic (exact) mass is 548 g/mol. The van der Waals surface area contributed by atoms with E-state index in [1.165, 1.54) is 25.5 Å². The third-order valence-electron chi connectivity index (χ3n) is 8.93. The number of nitrogen functional groups attached to an aromatic ring is 1. The Kier molecular flexibility index (Phi) is 7.65. The van der Waals surface area contributed by atoms with Crippen molar-refractivity contribution in [2.45, 2.75) is 57.5 Å². The molecule has 6 rings (SSSR count). The summed E-state index contributed by atoms with van der Waals surface area (Å²) in [6.45, 7) is 6.06. The van der Waals surface area contributed by atoms with Crippen LogP contribution in [0.1, 0.15) is 49.7 Å². The van der Waals surface area contributed by atoms with E-state index in [1.54, 1.807) is 6.07 Å². The fourth-order valence-corrected chi connectivity index (χ4v) is 6.32. The topological polar surface area (TPSA) is 109 Å². The molecule has 4 heterocycles. The zero-order valence-corrected chi connectivity index (χ0v) is 22.9. The number of rotatable bonds is 10. The molecule has 1 saturated carbocycles. The van der Waals surface area contributed by atoms with Crippen LogP contribution in [-0.4, -0.2) is 63.5 Å². The number of fused-ring (bicyclic) bond motifs is 1. The van der Waals surface area contributed by atoms with Crippen LogP contribution in [0, 0.1) is 17.0 Å². The number of aryl methyl sites for hydroxylation is 1. The van der Waals surface area contributed by atoms with Crippen LogP contribution in [0.25, 0.3) is 11.3 Å². The van der Waals surface area contributed by atoms with Gasteiger partial charge in [-0.25, -0.2) is 23.7 Å². The molecule has 5 N–H and O–H groups in total. The molecule has 40 heavy (non-hydrogen) atoms. The minimum Gasteiger partial charge on any atom is -0.396 e. The molecule has 10 heteroatoms. The number of nitrogens with one attached hydrogen (secondary N) is 1. The Balaban J connectivity index is 1.13. The maximum absolute atomic E-state index is 14.9. The Morgan fingerprint density at radius 3 is 2.67 bits per heavy atom. The lowest BCUT2D eigenvalue weighted by molar-refractivity contribution is 0.0993. The summed E-state index contributed by atoms with van der Waals surface area (Å²) in [6.07, 6.45) is 10.3. The Hall–Kier alpha value is -3.21. The highest BCUT2D eigenvalue weighted by molar-refractivity contribution is 5.67. The number of hydrogen-bond acceptors (Lipinski definition) is 8. The molecule has 1 unspecified atom stereocenters. The number of aromatic nitrogens is 3. The van der Waals surface area contributed by atoms with Crippen LogP contribution in [0.5, 0.6) is 0 Å². The molecule has 2 aromatic heterocycles. The number of halogens is 2. The van der Waals surface area contributed by atoms with Crippen LogP contribution in [0.3, 0.4) is 0 Å². The average Bonchev–Trinajstić information content (AvgIpc) is 3.56. The van der Waals surface area contributed by atoms with Crippen molar-refractivity contribution in [1.29, 1.82) is 0 Å². The van der Waals surface area contributed by atoms with Gasteiger partial charge in [0.2, 0.25) is 5.95 Å². The first kappa shape index (κ1) is 27.0. The molecular formula is C30H38F2N8. The van der Waals surface area contributed by atoms with Crippen molar-refractivity contribution < 1.29 is 8.78 Å². The summed E-state index contributed by atoms with van der Waals surface area (Å²) in [5, 5.41) is 3.06. The summed E-state index contributed by atoms with van der Waals surface area (Å²) in [5.74, 6) is -0.461. The van der Waals surface area contributed by atoms with E-state index < -0.39 is 11.6 Å². The van der Waals surface area contributed by atoms with E-state index in [9.17, 15) is 8.78 Å². The van der Waals surface area contributed by atoms with Gasteiger partial charge in [-0.05, 0) is 92.8 Å². The van der Waals surface area contributed by atoms with Gasteiger partial charge in [0.05, 0.1) is 11.9 Å². The van der Waals surface area contributed by atoms with Gasteiger partial charge in [-0.3, -0.25) is 9.80 Å². The van der Waals surface area contributed by atoms with E-state index in [-0.39, 0.29) is 22.7 Å². The lowest BCUT2D eigenvalue weighted by Crippen LogP contribution is -2.49. The number of benzene rings is 1. The highest BCUT2D eigenvalue weighted by Gasteiger charge is 2.41. The molecule has 0 amide bonds. The van der Waals surface area contributed by atoms with Crippen LogP contribution < -0.4 is 16.8 Å². The van der Waals surface area contributed by atoms with Gasteiger partial charge < -0.3 is 16.8 Å². The smallest absolute Gasteiger partial charge is 0.229 e. The summed E-state index contributed by atoms with van der Waals surface area (Å²) in [6, 6.07) is 7.58. The number of piperazine rings is 1. The number of hydrogen-bond donors (Lipinski definition) is 3. The quantitative estimate of drug-likeness (QED) is 0.318. The Morgan fingerprint density at radius 2 is 1.90 bits per heavy atom. The predicted molar refractivity (Wildman–Crippen MR) is 153 cm³/mol. The van der Waals surface area contributed by atoms with Crippen molar-refractivity contribution in [2.75, 3.05) is 43.8 Å². The van der Waals surface area contributed by atoms with Gasteiger partial charge in [0.15, 0.2) is 5.82 Å². The van der Waals surface area contributed by atoms with Gasteiger partial charge in [0, 0.05) is 44.0 Å². The summed E-state index contributed by atoms with van der Waals surface area (Å²) in [5.41, 5.74) is 14.3. The molecule has 0 spiro atoms. The van der Waals surface area contributed by atoms with E-state index in [0.717, 1.165) is 63.6 Å². The van der Waals surface area contributed by atoms with E-state index in [4.69, 9.17) is 11.5 Å². The molecule has 0 radical (unpaired) electrons. The fourth-order valence-electron chi connectivity index (χ4n) is 6.32. The minimum atomic E-state index is -0.631. The van der Waals surface area contributed by atoms with Crippen molar-refractivity contribution >= 4 is 17.5 Å². The van der Waals surface area contributed by atoms with Crippen LogP contribution in [0.15, 0.2) is 36.7 Å². The Bertz CT molecular complexity index is 1340. The molecule has 8 nitrogen and oxygen atoms in total. The first-order valence-corrected chi connectivity index (χ1v) is 14.4. The van der Waals surface area contributed by atoms with Gasteiger partial charge in [-0.1, -0.05) is 6.07 Å². The van der Waals surface area contributed by atoms with E-state index >= 15 is 0 Å². The molecule has 212 valence electrons. The molecule has 1 atom stereocenters. The van der Waals surface area contributed by atoms with Gasteiger partial charge >= 0.3 is 0 Å². The predicted octanol–water partition coefficient (Wildman–Crippen LogP) is 4.48. The normalized spacial score (nSPS) is 20.4. The number of pyridine rings is 1. The molecule has 1 aliphatic carbocycles. The second-order valence-electron chi connectivity index (χ2n) is 11.7. The first-order chi connectivity index (χ1) is 19.4. The second kappa shape index (κ2) is 11.3. The molecule has 3 fully saturated rings. The highest BCUT2D eigenvalue weighted by atomic mass is 19.1. The lowest BCUT2D eigenvalue weighted by Gasteiger charge is -2.37. The van der Waals surface area contributed by atoms with Crippen molar-refractivity contribution in [3.05, 3.63) is 59.4 Å². The van der Waals surface area contributed by atoms with Crippen molar-refractivity contribution in [1.82, 2.24) is 24.8 Å². The van der Waals surface area contributed by atoms with E-state index in [1.807, 2.05) is 18.3 Å². The van der Waals surface area contributed by atoms with Crippen molar-refractivity contribution in [3.8, 4) is 11.3 Å². The number of anilines is 3. The first-order valence-electron chi connectivity index (χ1n) is 14.4.